The van der Waals surface area contributed by atoms with Crippen LogP contribution in [0.15, 0.2) is 0 Å². The molecule has 1 heterocycles. The van der Waals surface area contributed by atoms with E-state index in [1.54, 1.807) is 0 Å². The summed E-state index contributed by atoms with van der Waals surface area (Å²) in [5.41, 5.74) is 0.115. The Morgan fingerprint density at radius 2 is 1.83 bits per heavy atom. The number of nitrogens with zero attached hydrogens (tertiary/aromatic N) is 1. The van der Waals surface area contributed by atoms with Crippen LogP contribution in [0.3, 0.4) is 0 Å². The zero-order valence-corrected chi connectivity index (χ0v) is 11.7. The molecule has 2 aliphatic rings. The van der Waals surface area contributed by atoms with Crippen LogP contribution in [-0.2, 0) is 4.79 Å². The van der Waals surface area contributed by atoms with Crippen LogP contribution in [0.1, 0.15) is 52.9 Å². The number of carbonyl (C=O) groups excluding carboxylic acids is 2. The van der Waals surface area contributed by atoms with Gasteiger partial charge in [-0.3, -0.25) is 9.69 Å². The second-order valence-corrected chi connectivity index (χ2v) is 6.79. The molecule has 4 nitrogen and oxygen atoms in total. The van der Waals surface area contributed by atoms with Crippen molar-refractivity contribution in [1.82, 2.24) is 10.2 Å². The highest BCUT2D eigenvalue weighted by molar-refractivity contribution is 5.98. The Balaban J connectivity index is 2.08. The van der Waals surface area contributed by atoms with Gasteiger partial charge in [-0.2, -0.15) is 0 Å². The second-order valence-electron chi connectivity index (χ2n) is 6.79. The minimum atomic E-state index is -0.183. The van der Waals surface area contributed by atoms with Gasteiger partial charge in [-0.05, 0) is 24.7 Å². The second kappa shape index (κ2) is 4.90. The number of carbonyl (C=O) groups is 2. The minimum Gasteiger partial charge on any atom is -0.337 e. The van der Waals surface area contributed by atoms with Crippen LogP contribution < -0.4 is 5.32 Å². The summed E-state index contributed by atoms with van der Waals surface area (Å²) in [4.78, 5) is 25.9. The predicted octanol–water partition coefficient (Wildman–Crippen LogP) is 2.53. The van der Waals surface area contributed by atoms with E-state index in [1.807, 2.05) is 0 Å². The van der Waals surface area contributed by atoms with E-state index in [0.717, 1.165) is 32.1 Å². The van der Waals surface area contributed by atoms with Crippen molar-refractivity contribution in [2.75, 3.05) is 6.54 Å². The van der Waals surface area contributed by atoms with Crippen molar-refractivity contribution in [1.29, 1.82) is 0 Å². The molecule has 4 heteroatoms. The molecule has 1 unspecified atom stereocenters. The summed E-state index contributed by atoms with van der Waals surface area (Å²) in [6.45, 7) is 6.90. The van der Waals surface area contributed by atoms with Crippen LogP contribution in [0, 0.1) is 11.3 Å². The van der Waals surface area contributed by atoms with Gasteiger partial charge >= 0.3 is 6.03 Å². The van der Waals surface area contributed by atoms with Crippen LogP contribution in [-0.4, -0.2) is 29.4 Å². The monoisotopic (exact) mass is 252 g/mol. The molecule has 0 aromatic carbocycles. The lowest BCUT2D eigenvalue weighted by Gasteiger charge is -2.37. The van der Waals surface area contributed by atoms with Crippen molar-refractivity contribution in [2.45, 2.75) is 58.9 Å². The van der Waals surface area contributed by atoms with Crippen molar-refractivity contribution >= 4 is 11.9 Å². The van der Waals surface area contributed by atoms with E-state index in [9.17, 15) is 9.59 Å². The molecule has 1 atom stereocenters. The molecular formula is C14H24N2O2. The number of imide groups is 1. The predicted molar refractivity (Wildman–Crippen MR) is 70.1 cm³/mol. The van der Waals surface area contributed by atoms with E-state index in [2.05, 4.69) is 26.1 Å². The summed E-state index contributed by atoms with van der Waals surface area (Å²) in [6.07, 6.45) is 5.04. The molecule has 1 saturated heterocycles. The third kappa shape index (κ3) is 2.85. The molecule has 1 aliphatic heterocycles. The highest BCUT2D eigenvalue weighted by Crippen LogP contribution is 2.30. The van der Waals surface area contributed by atoms with E-state index in [4.69, 9.17) is 0 Å². The quantitative estimate of drug-likeness (QED) is 0.821. The first-order valence-corrected chi connectivity index (χ1v) is 6.99. The fraction of sp³-hybridized carbons (Fsp3) is 0.857. The Morgan fingerprint density at radius 3 is 2.39 bits per heavy atom. The summed E-state index contributed by atoms with van der Waals surface area (Å²) in [5.74, 6) is -0.0103. The van der Waals surface area contributed by atoms with Gasteiger partial charge in [0.2, 0.25) is 5.91 Å². The first-order valence-electron chi connectivity index (χ1n) is 6.99. The Bertz CT molecular complexity index is 340. The van der Waals surface area contributed by atoms with E-state index in [0.29, 0.717) is 6.54 Å². The molecule has 2 rings (SSSR count). The number of urea groups is 1. The average molecular weight is 252 g/mol. The van der Waals surface area contributed by atoms with Crippen molar-refractivity contribution in [3.8, 4) is 0 Å². The Kier molecular flexibility index (Phi) is 3.64. The molecule has 1 N–H and O–H groups in total. The van der Waals surface area contributed by atoms with Crippen molar-refractivity contribution in [2.24, 2.45) is 11.3 Å². The third-order valence-electron chi connectivity index (χ3n) is 3.85. The molecule has 0 spiro atoms. The number of rotatable bonds is 2. The largest absolute Gasteiger partial charge is 0.337 e. The summed E-state index contributed by atoms with van der Waals surface area (Å²) in [6, 6.07) is -0.0441. The number of amides is 3. The molecule has 18 heavy (non-hydrogen) atoms. The number of hydrogen-bond acceptors (Lipinski definition) is 2. The Morgan fingerprint density at radius 1 is 1.22 bits per heavy atom. The lowest BCUT2D eigenvalue weighted by Crippen LogP contribution is -2.58. The van der Waals surface area contributed by atoms with Gasteiger partial charge in [0.05, 0.1) is 5.92 Å². The number of nitrogens with one attached hydrogen (secondary N) is 1. The average Bonchev–Trinajstić information content (AvgIpc) is 2.74. The van der Waals surface area contributed by atoms with Crippen molar-refractivity contribution in [3.05, 3.63) is 0 Å². The maximum atomic E-state index is 12.5. The van der Waals surface area contributed by atoms with Crippen LogP contribution >= 0.6 is 0 Å². The zero-order chi connectivity index (χ0) is 13.3. The molecule has 0 bridgehead atoms. The van der Waals surface area contributed by atoms with Gasteiger partial charge in [0.15, 0.2) is 0 Å². The molecule has 102 valence electrons. The first-order chi connectivity index (χ1) is 8.38. The van der Waals surface area contributed by atoms with Gasteiger partial charge in [-0.25, -0.2) is 4.79 Å². The highest BCUT2D eigenvalue weighted by atomic mass is 16.2. The van der Waals surface area contributed by atoms with Crippen LogP contribution in [0.4, 0.5) is 4.79 Å². The fourth-order valence-electron chi connectivity index (χ4n) is 3.09. The maximum absolute atomic E-state index is 12.5. The molecule has 0 aromatic heterocycles. The van der Waals surface area contributed by atoms with E-state index < -0.39 is 0 Å². The van der Waals surface area contributed by atoms with Crippen LogP contribution in [0.2, 0.25) is 0 Å². The molecule has 3 amide bonds. The lowest BCUT2D eigenvalue weighted by atomic mass is 9.83. The SMILES string of the molecule is CC(C)(C)CC1CNC(=O)N(C2CCCC2)C1=O. The summed E-state index contributed by atoms with van der Waals surface area (Å²) in [5, 5.41) is 2.88. The zero-order valence-electron chi connectivity index (χ0n) is 11.7. The number of hydrogen-bond donors (Lipinski definition) is 1. The van der Waals surface area contributed by atoms with Crippen LogP contribution in [0.25, 0.3) is 0 Å². The molecule has 1 aliphatic carbocycles. The van der Waals surface area contributed by atoms with Gasteiger partial charge < -0.3 is 5.32 Å². The van der Waals surface area contributed by atoms with E-state index in [-0.39, 0.29) is 29.3 Å². The molecule has 0 aromatic rings. The Labute approximate surface area is 109 Å². The minimum absolute atomic E-state index is 0.0422. The van der Waals surface area contributed by atoms with Gasteiger partial charge in [-0.15, -0.1) is 0 Å². The van der Waals surface area contributed by atoms with Gasteiger partial charge in [-0.1, -0.05) is 33.6 Å². The third-order valence-corrected chi connectivity index (χ3v) is 3.85. The summed E-state index contributed by atoms with van der Waals surface area (Å²) >= 11 is 0. The molecule has 1 saturated carbocycles. The van der Waals surface area contributed by atoms with E-state index in [1.165, 1.54) is 4.90 Å². The first kappa shape index (κ1) is 13.4. The highest BCUT2D eigenvalue weighted by Gasteiger charge is 2.40. The van der Waals surface area contributed by atoms with Gasteiger partial charge in [0.25, 0.3) is 0 Å². The van der Waals surface area contributed by atoms with Crippen molar-refractivity contribution in [3.63, 3.8) is 0 Å². The normalized spacial score (nSPS) is 26.6. The summed E-state index contributed by atoms with van der Waals surface area (Å²) in [7, 11) is 0. The van der Waals surface area contributed by atoms with E-state index >= 15 is 0 Å². The molecule has 2 fully saturated rings. The van der Waals surface area contributed by atoms with Crippen molar-refractivity contribution < 1.29 is 9.59 Å². The fourth-order valence-corrected chi connectivity index (χ4v) is 3.09. The van der Waals surface area contributed by atoms with Crippen LogP contribution in [0.5, 0.6) is 0 Å². The standard InChI is InChI=1S/C14H24N2O2/c1-14(2,3)8-10-9-15-13(18)16(12(10)17)11-6-4-5-7-11/h10-11H,4-9H2,1-3H3,(H,15,18). The molecular weight excluding hydrogens is 228 g/mol. The topological polar surface area (TPSA) is 49.4 Å². The van der Waals surface area contributed by atoms with Gasteiger partial charge in [0.1, 0.15) is 0 Å². The van der Waals surface area contributed by atoms with Gasteiger partial charge in [0, 0.05) is 12.6 Å². The summed E-state index contributed by atoms with van der Waals surface area (Å²) < 4.78 is 0. The Hall–Kier alpha value is -1.06. The lowest BCUT2D eigenvalue weighted by molar-refractivity contribution is -0.136. The smallest absolute Gasteiger partial charge is 0.324 e. The molecule has 0 radical (unpaired) electrons. The maximum Gasteiger partial charge on any atom is 0.324 e.